The van der Waals surface area contributed by atoms with Crippen LogP contribution in [0.3, 0.4) is 0 Å². The van der Waals surface area contributed by atoms with Gasteiger partial charge in [-0.2, -0.15) is 0 Å². The average Bonchev–Trinajstić information content (AvgIpc) is 3.52. The van der Waals surface area contributed by atoms with Crippen molar-refractivity contribution in [3.63, 3.8) is 0 Å². The summed E-state index contributed by atoms with van der Waals surface area (Å²) in [5.74, 6) is 0. The molecule has 8 aromatic rings. The van der Waals surface area contributed by atoms with E-state index in [1.807, 2.05) is 11.3 Å². The van der Waals surface area contributed by atoms with Gasteiger partial charge in [-0.25, -0.2) is 0 Å². The van der Waals surface area contributed by atoms with E-state index in [1.54, 1.807) is 0 Å². The molecule has 0 aliphatic heterocycles. The Bertz CT molecular complexity index is 2100. The average molecular weight is 555 g/mol. The van der Waals surface area contributed by atoms with Crippen LogP contribution in [-0.4, -0.2) is 14.5 Å². The minimum absolute atomic E-state index is 0.346. The van der Waals surface area contributed by atoms with E-state index in [1.165, 1.54) is 67.3 Å². The van der Waals surface area contributed by atoms with E-state index in [-0.39, 0.29) is 0 Å². The molecule has 1 nitrogen and oxygen atoms in total. The first-order valence-corrected chi connectivity index (χ1v) is 15.0. The van der Waals surface area contributed by atoms with Gasteiger partial charge in [-0.15, -0.1) is 0 Å². The fraction of sp³-hybridized carbons (Fsp3) is 0. The van der Waals surface area contributed by atoms with Crippen molar-refractivity contribution >= 4 is 93.1 Å². The molecule has 2 heterocycles. The van der Waals surface area contributed by atoms with Crippen molar-refractivity contribution in [1.82, 2.24) is 0 Å². The van der Waals surface area contributed by atoms with Gasteiger partial charge in [0, 0.05) is 0 Å². The molecule has 0 aliphatic carbocycles. The molecule has 3 heteroatoms. The number of benzene rings is 6. The molecule has 2 aromatic heterocycles. The van der Waals surface area contributed by atoms with Gasteiger partial charge in [0.25, 0.3) is 0 Å². The normalized spacial score (nSPS) is 11.8. The van der Waals surface area contributed by atoms with Crippen LogP contribution in [-0.2, 0) is 0 Å². The predicted octanol–water partition coefficient (Wildman–Crippen LogP) is 10.0. The zero-order valence-electron chi connectivity index (χ0n) is 19.9. The summed E-state index contributed by atoms with van der Waals surface area (Å²) in [7, 11) is 0. The third-order valence-corrected chi connectivity index (χ3v) is 10.9. The van der Waals surface area contributed by atoms with Crippen molar-refractivity contribution in [2.75, 3.05) is 4.90 Å². The van der Waals surface area contributed by atoms with Gasteiger partial charge in [0.15, 0.2) is 0 Å². The van der Waals surface area contributed by atoms with Gasteiger partial charge in [-0.3, -0.25) is 0 Å². The van der Waals surface area contributed by atoms with Crippen LogP contribution in [0.25, 0.3) is 50.2 Å². The summed E-state index contributed by atoms with van der Waals surface area (Å²) in [6, 6.07) is 46.8. The third kappa shape index (κ3) is 3.36. The Morgan fingerprint density at radius 2 is 1.14 bits per heavy atom. The van der Waals surface area contributed by atoms with Gasteiger partial charge >= 0.3 is 213 Å². The number of nitrogens with zero attached hydrogens (tertiary/aromatic N) is 1. The molecule has 0 amide bonds. The maximum atomic E-state index is 2.39. The summed E-state index contributed by atoms with van der Waals surface area (Å²) in [6.07, 6.45) is 0. The number of thiophene rings is 1. The number of fused-ring (bicyclic) bond motifs is 8. The zero-order chi connectivity index (χ0) is 24.3. The summed E-state index contributed by atoms with van der Waals surface area (Å²) in [6.45, 7) is 0. The van der Waals surface area contributed by atoms with Crippen molar-refractivity contribution < 1.29 is 0 Å². The minimum atomic E-state index is 0.346. The number of anilines is 3. The molecule has 174 valence electrons. The van der Waals surface area contributed by atoms with Crippen molar-refractivity contribution in [2.45, 2.75) is 0 Å². The number of hydrogen-bond donors (Lipinski definition) is 0. The van der Waals surface area contributed by atoms with E-state index in [0.29, 0.717) is 14.5 Å². The van der Waals surface area contributed by atoms with E-state index < -0.39 is 0 Å². The fourth-order valence-corrected chi connectivity index (χ4v) is 9.25. The molecule has 0 spiro atoms. The van der Waals surface area contributed by atoms with Crippen molar-refractivity contribution in [3.05, 3.63) is 127 Å². The SMILES string of the molecule is c1ccc(N(c2ccc3c(ccc4c5ccccc5[se]c34)c2)c2ccc3c(c2)sc2ccccc23)cc1. The van der Waals surface area contributed by atoms with Crippen LogP contribution in [0.5, 0.6) is 0 Å². The quantitative estimate of drug-likeness (QED) is 0.197. The Hall–Kier alpha value is -3.88. The summed E-state index contributed by atoms with van der Waals surface area (Å²) in [5, 5.41) is 8.16. The summed E-state index contributed by atoms with van der Waals surface area (Å²) in [4.78, 5) is 2.39. The second-order valence-electron chi connectivity index (χ2n) is 9.40. The Labute approximate surface area is 224 Å². The van der Waals surface area contributed by atoms with Crippen LogP contribution >= 0.6 is 11.3 Å². The Morgan fingerprint density at radius 1 is 0.459 bits per heavy atom. The predicted molar refractivity (Wildman–Crippen MR) is 163 cm³/mol. The molecule has 0 saturated carbocycles. The monoisotopic (exact) mass is 555 g/mol. The Kier molecular flexibility index (Phi) is 4.78. The van der Waals surface area contributed by atoms with Gasteiger partial charge in [0.05, 0.1) is 0 Å². The second-order valence-corrected chi connectivity index (χ2v) is 12.7. The number of rotatable bonds is 3. The van der Waals surface area contributed by atoms with Crippen LogP contribution in [0.1, 0.15) is 0 Å². The first kappa shape index (κ1) is 21.2. The molecule has 0 unspecified atom stereocenters. The molecule has 0 fully saturated rings. The number of para-hydroxylation sites is 1. The Morgan fingerprint density at radius 3 is 2.03 bits per heavy atom. The van der Waals surface area contributed by atoms with Crippen molar-refractivity contribution in [1.29, 1.82) is 0 Å². The van der Waals surface area contributed by atoms with Crippen LogP contribution < -0.4 is 4.90 Å². The molecule has 0 atom stereocenters. The van der Waals surface area contributed by atoms with E-state index in [4.69, 9.17) is 0 Å². The standard InChI is InChI=1S/C34H21NSSe/c1-2-8-23(9-3-1)35(25-16-19-28-27-10-4-6-12-31(27)36-32(28)21-25)24-15-18-26-22(20-24)14-17-30-29-11-5-7-13-33(29)37-34(26)30/h1-21H. The molecule has 0 radical (unpaired) electrons. The van der Waals surface area contributed by atoms with Gasteiger partial charge in [-0.1, -0.05) is 12.1 Å². The molecule has 6 aromatic carbocycles. The van der Waals surface area contributed by atoms with E-state index in [2.05, 4.69) is 132 Å². The van der Waals surface area contributed by atoms with Crippen LogP contribution in [0.15, 0.2) is 127 Å². The summed E-state index contributed by atoms with van der Waals surface area (Å²) >= 11 is 2.21. The second kappa shape index (κ2) is 8.33. The zero-order valence-corrected chi connectivity index (χ0v) is 22.4. The molecular weight excluding hydrogens is 533 g/mol. The first-order chi connectivity index (χ1) is 18.3. The molecule has 8 rings (SSSR count). The molecule has 0 N–H and O–H groups in total. The fourth-order valence-electron chi connectivity index (χ4n) is 5.52. The number of hydrogen-bond acceptors (Lipinski definition) is 2. The van der Waals surface area contributed by atoms with Gasteiger partial charge in [0.2, 0.25) is 0 Å². The molecule has 0 aliphatic rings. The Balaban J connectivity index is 1.33. The molecule has 37 heavy (non-hydrogen) atoms. The molecule has 0 saturated heterocycles. The molecule has 0 bridgehead atoms. The molecular formula is C34H21NSSe. The van der Waals surface area contributed by atoms with E-state index >= 15 is 0 Å². The third-order valence-electron chi connectivity index (χ3n) is 7.24. The van der Waals surface area contributed by atoms with Crippen molar-refractivity contribution in [3.8, 4) is 0 Å². The van der Waals surface area contributed by atoms with Crippen molar-refractivity contribution in [2.24, 2.45) is 0 Å². The maximum absolute atomic E-state index is 2.39. The summed E-state index contributed by atoms with van der Waals surface area (Å²) < 4.78 is 5.65. The van der Waals surface area contributed by atoms with Gasteiger partial charge in [-0.05, 0) is 0 Å². The van der Waals surface area contributed by atoms with Crippen LogP contribution in [0.4, 0.5) is 17.1 Å². The van der Waals surface area contributed by atoms with E-state index in [0.717, 1.165) is 0 Å². The first-order valence-electron chi connectivity index (χ1n) is 12.4. The van der Waals surface area contributed by atoms with Crippen LogP contribution in [0.2, 0.25) is 0 Å². The van der Waals surface area contributed by atoms with E-state index in [9.17, 15) is 0 Å². The van der Waals surface area contributed by atoms with Gasteiger partial charge in [0.1, 0.15) is 0 Å². The summed E-state index contributed by atoms with van der Waals surface area (Å²) in [5.41, 5.74) is 3.53. The topological polar surface area (TPSA) is 3.24 Å². The van der Waals surface area contributed by atoms with Crippen LogP contribution in [0, 0.1) is 0 Å². The van der Waals surface area contributed by atoms with Gasteiger partial charge < -0.3 is 0 Å².